The molecule has 1 rings (SSSR count). The smallest absolute Gasteiger partial charge is 0.242 e. The van der Waals surface area contributed by atoms with Crippen molar-refractivity contribution < 1.29 is 8.42 Å². The van der Waals surface area contributed by atoms with Crippen molar-refractivity contribution in [3.63, 3.8) is 0 Å². The number of nitrogens with two attached hydrogens (primary N) is 1. The molecular formula is C13H20Cl2N2O2S. The van der Waals surface area contributed by atoms with Gasteiger partial charge in [0.2, 0.25) is 10.0 Å². The highest BCUT2D eigenvalue weighted by atomic mass is 35.5. The minimum Gasteiger partial charge on any atom is -0.326 e. The summed E-state index contributed by atoms with van der Waals surface area (Å²) in [6, 6.07) is 2.92. The van der Waals surface area contributed by atoms with Gasteiger partial charge in [0.25, 0.3) is 0 Å². The molecule has 0 aromatic heterocycles. The highest BCUT2D eigenvalue weighted by Gasteiger charge is 2.21. The van der Waals surface area contributed by atoms with Crippen LogP contribution in [0, 0.1) is 5.92 Å². The Morgan fingerprint density at radius 3 is 2.35 bits per heavy atom. The molecule has 0 bridgehead atoms. The molecule has 0 radical (unpaired) electrons. The molecule has 0 saturated carbocycles. The summed E-state index contributed by atoms with van der Waals surface area (Å²) in [5.74, 6) is 0.303. The molecule has 0 heterocycles. The minimum atomic E-state index is -3.68. The number of hydrogen-bond acceptors (Lipinski definition) is 3. The van der Waals surface area contributed by atoms with E-state index < -0.39 is 10.0 Å². The van der Waals surface area contributed by atoms with Gasteiger partial charge in [-0.05, 0) is 23.6 Å². The van der Waals surface area contributed by atoms with E-state index in [4.69, 9.17) is 28.9 Å². The Kier molecular flexibility index (Phi) is 6.75. The summed E-state index contributed by atoms with van der Waals surface area (Å²) in [6.45, 7) is 4.58. The molecule has 0 atom stereocenters. The van der Waals surface area contributed by atoms with Gasteiger partial charge in [-0.2, -0.15) is 0 Å². The van der Waals surface area contributed by atoms with Gasteiger partial charge < -0.3 is 5.73 Å². The van der Waals surface area contributed by atoms with Gasteiger partial charge >= 0.3 is 0 Å². The maximum absolute atomic E-state index is 12.3. The fourth-order valence-corrected chi connectivity index (χ4v) is 3.90. The molecule has 4 nitrogen and oxygen atoms in total. The lowest BCUT2D eigenvalue weighted by atomic mass is 10.0. The summed E-state index contributed by atoms with van der Waals surface area (Å²) >= 11 is 12.0. The predicted molar refractivity (Wildman–Crippen MR) is 83.6 cm³/mol. The molecule has 0 aliphatic heterocycles. The van der Waals surface area contributed by atoms with E-state index in [2.05, 4.69) is 4.72 Å². The van der Waals surface area contributed by atoms with Crippen LogP contribution >= 0.6 is 23.2 Å². The number of benzene rings is 1. The van der Waals surface area contributed by atoms with Crippen molar-refractivity contribution in [2.45, 2.75) is 38.1 Å². The topological polar surface area (TPSA) is 72.2 Å². The van der Waals surface area contributed by atoms with Gasteiger partial charge in [-0.25, -0.2) is 13.1 Å². The van der Waals surface area contributed by atoms with E-state index in [1.807, 2.05) is 13.8 Å². The van der Waals surface area contributed by atoms with Gasteiger partial charge in [0.1, 0.15) is 4.90 Å². The van der Waals surface area contributed by atoms with Gasteiger partial charge in [0, 0.05) is 18.1 Å². The molecule has 7 heteroatoms. The molecule has 3 N–H and O–H groups in total. The van der Waals surface area contributed by atoms with Crippen LogP contribution in [0.15, 0.2) is 17.0 Å². The van der Waals surface area contributed by atoms with Gasteiger partial charge in [0.05, 0.1) is 5.02 Å². The highest BCUT2D eigenvalue weighted by molar-refractivity contribution is 7.89. The fourth-order valence-electron chi connectivity index (χ4n) is 1.85. The number of halogens is 2. The van der Waals surface area contributed by atoms with Crippen LogP contribution in [0.1, 0.15) is 32.3 Å². The molecule has 0 saturated heterocycles. The molecule has 0 spiro atoms. The minimum absolute atomic E-state index is 0.0157. The van der Waals surface area contributed by atoms with Gasteiger partial charge in [-0.1, -0.05) is 49.9 Å². The van der Waals surface area contributed by atoms with E-state index in [-0.39, 0.29) is 16.5 Å². The molecular weight excluding hydrogens is 319 g/mol. The zero-order valence-electron chi connectivity index (χ0n) is 11.6. The number of nitrogens with one attached hydrogen (secondary N) is 1. The van der Waals surface area contributed by atoms with Crippen molar-refractivity contribution in [3.8, 4) is 0 Å². The normalized spacial score (nSPS) is 12.1. The second kappa shape index (κ2) is 7.61. The number of hydrogen-bond donors (Lipinski definition) is 2. The van der Waals surface area contributed by atoms with Crippen molar-refractivity contribution in [2.75, 3.05) is 6.54 Å². The van der Waals surface area contributed by atoms with Crippen LogP contribution in [0.5, 0.6) is 0 Å². The van der Waals surface area contributed by atoms with Crippen LogP contribution in [0.2, 0.25) is 10.0 Å². The Hall–Kier alpha value is -0.330. The van der Waals surface area contributed by atoms with E-state index >= 15 is 0 Å². The third-order valence-corrected chi connectivity index (χ3v) is 5.53. The Balaban J connectivity index is 3.06. The van der Waals surface area contributed by atoms with Crippen LogP contribution in [-0.4, -0.2) is 15.0 Å². The molecule has 114 valence electrons. The second-order valence-electron chi connectivity index (χ2n) is 4.62. The molecule has 1 aromatic rings. The fraction of sp³-hybridized carbons (Fsp3) is 0.538. The zero-order chi connectivity index (χ0) is 15.3. The van der Waals surface area contributed by atoms with Crippen molar-refractivity contribution >= 4 is 33.2 Å². The van der Waals surface area contributed by atoms with E-state index in [0.717, 1.165) is 12.8 Å². The molecule has 0 aliphatic rings. The first-order valence-corrected chi connectivity index (χ1v) is 8.77. The Bertz CT molecular complexity index is 558. The van der Waals surface area contributed by atoms with Crippen molar-refractivity contribution in [1.29, 1.82) is 0 Å². The summed E-state index contributed by atoms with van der Waals surface area (Å²) in [7, 11) is -3.68. The third kappa shape index (κ3) is 4.33. The van der Waals surface area contributed by atoms with Crippen LogP contribution < -0.4 is 10.5 Å². The average molecular weight is 339 g/mol. The first-order valence-electron chi connectivity index (χ1n) is 6.53. The standard InChI is InChI=1S/C13H20Cl2N2O2S/c1-3-9(4-2)8-17-20(18,19)12-6-11(14)5-10(7-16)13(12)15/h5-6,9,17H,3-4,7-8,16H2,1-2H3. The molecule has 0 aliphatic carbocycles. The van der Waals surface area contributed by atoms with Gasteiger partial charge in [-0.3, -0.25) is 0 Å². The van der Waals surface area contributed by atoms with Gasteiger partial charge in [0.15, 0.2) is 0 Å². The first-order chi connectivity index (χ1) is 9.35. The average Bonchev–Trinajstić information content (AvgIpc) is 2.41. The largest absolute Gasteiger partial charge is 0.326 e. The maximum atomic E-state index is 12.3. The Morgan fingerprint density at radius 1 is 1.25 bits per heavy atom. The summed E-state index contributed by atoms with van der Waals surface area (Å²) in [5, 5.41) is 0.437. The predicted octanol–water partition coefficient (Wildman–Crippen LogP) is 3.17. The lowest BCUT2D eigenvalue weighted by Crippen LogP contribution is -2.29. The van der Waals surface area contributed by atoms with Crippen molar-refractivity contribution in [1.82, 2.24) is 4.72 Å². The van der Waals surface area contributed by atoms with Crippen molar-refractivity contribution in [3.05, 3.63) is 27.7 Å². The second-order valence-corrected chi connectivity index (χ2v) is 7.17. The maximum Gasteiger partial charge on any atom is 0.242 e. The summed E-state index contributed by atoms with van der Waals surface area (Å²) < 4.78 is 27.2. The third-order valence-electron chi connectivity index (χ3n) is 3.31. The van der Waals surface area contributed by atoms with Crippen LogP contribution in [0.4, 0.5) is 0 Å². The molecule has 1 aromatic carbocycles. The van der Waals surface area contributed by atoms with Gasteiger partial charge in [-0.15, -0.1) is 0 Å². The summed E-state index contributed by atoms with van der Waals surface area (Å²) in [4.78, 5) is -0.0157. The van der Waals surface area contributed by atoms with Crippen LogP contribution in [0.25, 0.3) is 0 Å². The Morgan fingerprint density at radius 2 is 1.85 bits per heavy atom. The van der Waals surface area contributed by atoms with E-state index in [9.17, 15) is 8.42 Å². The quantitative estimate of drug-likeness (QED) is 0.801. The van der Waals surface area contributed by atoms with Crippen molar-refractivity contribution in [2.24, 2.45) is 11.7 Å². The van der Waals surface area contributed by atoms with Crippen LogP contribution in [-0.2, 0) is 16.6 Å². The summed E-state index contributed by atoms with van der Waals surface area (Å²) in [6.07, 6.45) is 1.83. The molecule has 0 amide bonds. The van der Waals surface area contributed by atoms with E-state index in [0.29, 0.717) is 23.0 Å². The molecule has 20 heavy (non-hydrogen) atoms. The lowest BCUT2D eigenvalue weighted by molar-refractivity contribution is 0.479. The number of rotatable bonds is 7. The zero-order valence-corrected chi connectivity index (χ0v) is 13.9. The highest BCUT2D eigenvalue weighted by Crippen LogP contribution is 2.29. The monoisotopic (exact) mass is 338 g/mol. The molecule has 0 fully saturated rings. The molecule has 0 unspecified atom stereocenters. The van der Waals surface area contributed by atoms with Crippen LogP contribution in [0.3, 0.4) is 0 Å². The first kappa shape index (κ1) is 17.7. The summed E-state index contributed by atoms with van der Waals surface area (Å²) in [5.41, 5.74) is 6.05. The van der Waals surface area contributed by atoms with E-state index in [1.165, 1.54) is 6.07 Å². The lowest BCUT2D eigenvalue weighted by Gasteiger charge is -2.15. The number of sulfonamides is 1. The Labute approximate surface area is 130 Å². The van der Waals surface area contributed by atoms with E-state index in [1.54, 1.807) is 6.07 Å². The SMILES string of the molecule is CCC(CC)CNS(=O)(=O)c1cc(Cl)cc(CN)c1Cl.